The van der Waals surface area contributed by atoms with E-state index < -0.39 is 0 Å². The summed E-state index contributed by atoms with van der Waals surface area (Å²) in [5.74, 6) is 0.690. The van der Waals surface area contributed by atoms with E-state index in [-0.39, 0.29) is 5.91 Å². The van der Waals surface area contributed by atoms with E-state index in [1.165, 1.54) is 6.08 Å². The van der Waals surface area contributed by atoms with Crippen LogP contribution in [0.4, 0.5) is 0 Å². The maximum atomic E-state index is 11.8. The minimum atomic E-state index is -0.171. The fourth-order valence-electron chi connectivity index (χ4n) is 2.01. The normalized spacial score (nSPS) is 11.1. The van der Waals surface area contributed by atoms with Crippen molar-refractivity contribution in [3.05, 3.63) is 52.4 Å². The Bertz CT molecular complexity index is 884. The monoisotopic (exact) mass is 402 g/mol. The molecule has 0 bridgehead atoms. The fourth-order valence-corrected chi connectivity index (χ4v) is 2.27. The Labute approximate surface area is 152 Å². The van der Waals surface area contributed by atoms with Gasteiger partial charge in [-0.05, 0) is 30.7 Å². The molecule has 0 spiro atoms. The molecule has 0 fully saturated rings. The molecule has 9 heteroatoms. The van der Waals surface area contributed by atoms with Gasteiger partial charge in [-0.25, -0.2) is 4.68 Å². The minimum Gasteiger partial charge on any atom is -0.351 e. The quantitative estimate of drug-likeness (QED) is 0.634. The lowest BCUT2D eigenvalue weighted by Crippen LogP contribution is -2.25. The SMILES string of the molecule is Cc1noc(-c2cn(CCNC(=O)C=Cc3ccc(Br)cc3)nn2)n1. The van der Waals surface area contributed by atoms with Gasteiger partial charge in [0.05, 0.1) is 12.7 Å². The average molecular weight is 403 g/mol. The van der Waals surface area contributed by atoms with Gasteiger partial charge >= 0.3 is 0 Å². The van der Waals surface area contributed by atoms with Gasteiger partial charge in [0.2, 0.25) is 5.91 Å². The largest absolute Gasteiger partial charge is 0.351 e. The average Bonchev–Trinajstić information content (AvgIpc) is 3.23. The number of carbonyl (C=O) groups excluding carboxylic acids is 1. The summed E-state index contributed by atoms with van der Waals surface area (Å²) < 4.78 is 7.63. The molecule has 1 aromatic carbocycles. The Morgan fingerprint density at radius 3 is 2.88 bits per heavy atom. The lowest BCUT2D eigenvalue weighted by molar-refractivity contribution is -0.116. The molecule has 0 unspecified atom stereocenters. The molecule has 3 rings (SSSR count). The zero-order valence-electron chi connectivity index (χ0n) is 13.4. The highest BCUT2D eigenvalue weighted by Crippen LogP contribution is 2.12. The summed E-state index contributed by atoms with van der Waals surface area (Å²) in [6, 6.07) is 7.68. The van der Waals surface area contributed by atoms with Gasteiger partial charge in [-0.3, -0.25) is 4.79 Å². The van der Waals surface area contributed by atoms with Crippen LogP contribution in [0, 0.1) is 6.92 Å². The van der Waals surface area contributed by atoms with Crippen molar-refractivity contribution in [3.8, 4) is 11.6 Å². The molecular formula is C16H15BrN6O2. The number of nitrogens with zero attached hydrogens (tertiary/aromatic N) is 5. The topological polar surface area (TPSA) is 98.7 Å². The third-order valence-corrected chi connectivity index (χ3v) is 3.75. The van der Waals surface area contributed by atoms with E-state index in [9.17, 15) is 4.79 Å². The van der Waals surface area contributed by atoms with Crippen LogP contribution < -0.4 is 5.32 Å². The Morgan fingerprint density at radius 1 is 1.36 bits per heavy atom. The molecule has 3 aromatic rings. The smallest absolute Gasteiger partial charge is 0.280 e. The van der Waals surface area contributed by atoms with Crippen LogP contribution in [0.15, 0.2) is 45.5 Å². The van der Waals surface area contributed by atoms with Crippen LogP contribution in [0.5, 0.6) is 0 Å². The first kappa shape index (κ1) is 17.0. The lowest BCUT2D eigenvalue weighted by Gasteiger charge is -2.01. The van der Waals surface area contributed by atoms with E-state index in [1.54, 1.807) is 23.9 Å². The van der Waals surface area contributed by atoms with Gasteiger partial charge in [0.1, 0.15) is 0 Å². The second-order valence-corrected chi connectivity index (χ2v) is 6.11. The van der Waals surface area contributed by atoms with Crippen LogP contribution in [-0.2, 0) is 11.3 Å². The minimum absolute atomic E-state index is 0.171. The van der Waals surface area contributed by atoms with Crippen LogP contribution in [0.3, 0.4) is 0 Å². The maximum Gasteiger partial charge on any atom is 0.280 e. The molecule has 1 amide bonds. The van der Waals surface area contributed by atoms with Crippen molar-refractivity contribution >= 4 is 27.9 Å². The molecular weight excluding hydrogens is 388 g/mol. The molecule has 2 aromatic heterocycles. The molecule has 0 aliphatic carbocycles. The van der Waals surface area contributed by atoms with E-state index in [1.807, 2.05) is 24.3 Å². The Kier molecular flexibility index (Phi) is 5.34. The molecule has 2 heterocycles. The zero-order chi connectivity index (χ0) is 17.6. The molecule has 0 atom stereocenters. The first-order valence-electron chi connectivity index (χ1n) is 7.52. The van der Waals surface area contributed by atoms with Gasteiger partial charge < -0.3 is 9.84 Å². The van der Waals surface area contributed by atoms with Crippen molar-refractivity contribution in [3.63, 3.8) is 0 Å². The maximum absolute atomic E-state index is 11.8. The van der Waals surface area contributed by atoms with E-state index in [0.717, 1.165) is 10.0 Å². The van der Waals surface area contributed by atoms with Crippen LogP contribution in [-0.4, -0.2) is 37.6 Å². The van der Waals surface area contributed by atoms with E-state index in [4.69, 9.17) is 4.52 Å². The van der Waals surface area contributed by atoms with Crippen molar-refractivity contribution in [1.29, 1.82) is 0 Å². The molecule has 0 aliphatic heterocycles. The molecule has 8 nitrogen and oxygen atoms in total. The molecule has 128 valence electrons. The van der Waals surface area contributed by atoms with Crippen LogP contribution in [0.1, 0.15) is 11.4 Å². The number of hydrogen-bond acceptors (Lipinski definition) is 6. The molecule has 0 radical (unpaired) electrons. The van der Waals surface area contributed by atoms with Crippen molar-refractivity contribution in [1.82, 2.24) is 30.5 Å². The van der Waals surface area contributed by atoms with E-state index >= 15 is 0 Å². The standard InChI is InChI=1S/C16H15BrN6O2/c1-11-19-16(25-21-11)14-10-23(22-20-14)9-8-18-15(24)7-4-12-2-5-13(17)6-3-12/h2-7,10H,8-9H2,1H3,(H,18,24). The van der Waals surface area contributed by atoms with Gasteiger partial charge in [-0.1, -0.05) is 38.4 Å². The van der Waals surface area contributed by atoms with Gasteiger partial charge in [0, 0.05) is 17.1 Å². The van der Waals surface area contributed by atoms with Crippen LogP contribution >= 0.6 is 15.9 Å². The lowest BCUT2D eigenvalue weighted by atomic mass is 10.2. The number of hydrogen-bond donors (Lipinski definition) is 1. The predicted molar refractivity (Wildman–Crippen MR) is 94.2 cm³/mol. The molecule has 25 heavy (non-hydrogen) atoms. The van der Waals surface area contributed by atoms with Gasteiger partial charge in [-0.15, -0.1) is 5.10 Å². The van der Waals surface area contributed by atoms with Crippen LogP contribution in [0.2, 0.25) is 0 Å². The van der Waals surface area contributed by atoms with Crippen molar-refractivity contribution in [2.24, 2.45) is 0 Å². The Hall–Kier alpha value is -2.81. The van der Waals surface area contributed by atoms with Gasteiger partial charge in [-0.2, -0.15) is 4.98 Å². The first-order valence-corrected chi connectivity index (χ1v) is 8.32. The van der Waals surface area contributed by atoms with Crippen molar-refractivity contribution < 1.29 is 9.32 Å². The number of benzene rings is 1. The third-order valence-electron chi connectivity index (χ3n) is 3.22. The molecule has 1 N–H and O–H groups in total. The highest BCUT2D eigenvalue weighted by atomic mass is 79.9. The number of amides is 1. The zero-order valence-corrected chi connectivity index (χ0v) is 15.0. The predicted octanol–water partition coefficient (Wildman–Crippen LogP) is 2.23. The van der Waals surface area contributed by atoms with E-state index in [2.05, 4.69) is 41.7 Å². The number of aryl methyl sites for hydroxylation is 1. The number of aromatic nitrogens is 5. The van der Waals surface area contributed by atoms with Gasteiger partial charge in [0.15, 0.2) is 11.5 Å². The Morgan fingerprint density at radius 2 is 2.16 bits per heavy atom. The summed E-state index contributed by atoms with van der Waals surface area (Å²) in [5.41, 5.74) is 1.45. The fraction of sp³-hybridized carbons (Fsp3) is 0.188. The van der Waals surface area contributed by atoms with Crippen LogP contribution in [0.25, 0.3) is 17.7 Å². The summed E-state index contributed by atoms with van der Waals surface area (Å²) in [7, 11) is 0. The second kappa shape index (κ2) is 7.84. The summed E-state index contributed by atoms with van der Waals surface area (Å²) in [6.07, 6.45) is 4.95. The van der Waals surface area contributed by atoms with Crippen molar-refractivity contribution in [2.75, 3.05) is 6.54 Å². The molecule has 0 saturated carbocycles. The number of nitrogens with one attached hydrogen (secondary N) is 1. The number of halogens is 1. The molecule has 0 saturated heterocycles. The summed E-state index contributed by atoms with van der Waals surface area (Å²) in [5, 5.41) is 14.4. The summed E-state index contributed by atoms with van der Waals surface area (Å²) >= 11 is 3.37. The highest BCUT2D eigenvalue weighted by molar-refractivity contribution is 9.10. The number of rotatable bonds is 6. The molecule has 0 aliphatic rings. The summed E-state index contributed by atoms with van der Waals surface area (Å²) in [6.45, 7) is 2.64. The second-order valence-electron chi connectivity index (χ2n) is 5.19. The summed E-state index contributed by atoms with van der Waals surface area (Å²) in [4.78, 5) is 15.9. The van der Waals surface area contributed by atoms with Gasteiger partial charge in [0.25, 0.3) is 5.89 Å². The van der Waals surface area contributed by atoms with E-state index in [0.29, 0.717) is 30.5 Å². The Balaban J connectivity index is 1.47. The van der Waals surface area contributed by atoms with Crippen molar-refractivity contribution in [2.45, 2.75) is 13.5 Å². The number of carbonyl (C=O) groups is 1. The first-order chi connectivity index (χ1) is 12.1. The highest BCUT2D eigenvalue weighted by Gasteiger charge is 2.10. The third kappa shape index (κ3) is 4.83.